The number of alkyl halides is 3. The van der Waals surface area contributed by atoms with Gasteiger partial charge < -0.3 is 10.5 Å². The van der Waals surface area contributed by atoms with Gasteiger partial charge in [0.25, 0.3) is 0 Å². The Hall–Kier alpha value is -0.730. The molecule has 2 N–H and O–H groups in total. The number of nitrogens with two attached hydrogens (primary N) is 1. The van der Waals surface area contributed by atoms with Crippen LogP contribution in [0.15, 0.2) is 12.1 Å². The van der Waals surface area contributed by atoms with Gasteiger partial charge in [0.15, 0.2) is 0 Å². The molecule has 1 aromatic carbocycles. The summed E-state index contributed by atoms with van der Waals surface area (Å²) in [5, 5.41) is 0. The topological polar surface area (TPSA) is 35.2 Å². The molecule has 16 heavy (non-hydrogen) atoms. The number of hydrogen-bond donors (Lipinski definition) is 1. The molecule has 0 aliphatic heterocycles. The summed E-state index contributed by atoms with van der Waals surface area (Å²) < 4.78 is 53.6. The predicted molar refractivity (Wildman–Crippen MR) is 59.7 cm³/mol. The van der Waals surface area contributed by atoms with E-state index in [4.69, 9.17) is 10.5 Å². The second kappa shape index (κ2) is 5.07. The Morgan fingerprint density at radius 1 is 1.31 bits per heavy atom. The number of benzene rings is 1. The number of hydrogen-bond acceptors (Lipinski definition) is 2. The van der Waals surface area contributed by atoms with Gasteiger partial charge in [-0.05, 0) is 28.7 Å². The standard InChI is InChI=1S/C9H8F4INO/c10-5-3-8(7(15)4-6(5)14)16-2-1-9(11,12)13/h3-4H,1-2,15H2. The lowest BCUT2D eigenvalue weighted by atomic mass is 10.3. The average molecular weight is 349 g/mol. The lowest BCUT2D eigenvalue weighted by molar-refractivity contribution is -0.139. The maximum Gasteiger partial charge on any atom is 0.392 e. The van der Waals surface area contributed by atoms with Crippen molar-refractivity contribution in [2.24, 2.45) is 0 Å². The highest BCUT2D eigenvalue weighted by Crippen LogP contribution is 2.27. The van der Waals surface area contributed by atoms with E-state index in [-0.39, 0.29) is 11.4 Å². The Labute approximate surface area is 103 Å². The molecule has 0 aromatic heterocycles. The second-order valence-corrected chi connectivity index (χ2v) is 4.18. The van der Waals surface area contributed by atoms with Crippen LogP contribution in [0.5, 0.6) is 5.75 Å². The zero-order valence-corrected chi connectivity index (χ0v) is 10.1. The molecule has 0 bridgehead atoms. The minimum atomic E-state index is -4.30. The third-order valence-electron chi connectivity index (χ3n) is 1.70. The van der Waals surface area contributed by atoms with Crippen molar-refractivity contribution in [3.8, 4) is 5.75 Å². The molecule has 1 rings (SSSR count). The van der Waals surface area contributed by atoms with Crippen molar-refractivity contribution in [1.82, 2.24) is 0 Å². The van der Waals surface area contributed by atoms with Crippen LogP contribution < -0.4 is 10.5 Å². The van der Waals surface area contributed by atoms with Crippen molar-refractivity contribution in [2.75, 3.05) is 12.3 Å². The van der Waals surface area contributed by atoms with Gasteiger partial charge in [-0.3, -0.25) is 0 Å². The summed E-state index contributed by atoms with van der Waals surface area (Å²) in [6.45, 7) is -0.576. The third-order valence-corrected chi connectivity index (χ3v) is 2.52. The van der Waals surface area contributed by atoms with Crippen LogP contribution in [-0.4, -0.2) is 12.8 Å². The summed E-state index contributed by atoms with van der Waals surface area (Å²) in [5.74, 6) is -0.640. The van der Waals surface area contributed by atoms with Crippen molar-refractivity contribution in [1.29, 1.82) is 0 Å². The first-order chi connectivity index (χ1) is 7.29. The Balaban J connectivity index is 2.64. The fourth-order valence-electron chi connectivity index (χ4n) is 0.946. The van der Waals surface area contributed by atoms with Crippen LogP contribution in [0, 0.1) is 9.39 Å². The Bertz CT molecular complexity index is 381. The van der Waals surface area contributed by atoms with E-state index in [1.807, 2.05) is 0 Å². The fourth-order valence-corrected chi connectivity index (χ4v) is 1.44. The van der Waals surface area contributed by atoms with Crippen LogP contribution in [0.4, 0.5) is 23.2 Å². The molecule has 2 nitrogen and oxygen atoms in total. The highest BCUT2D eigenvalue weighted by molar-refractivity contribution is 14.1. The Kier molecular flexibility index (Phi) is 4.22. The van der Waals surface area contributed by atoms with E-state index in [0.717, 1.165) is 6.07 Å². The maximum absolute atomic E-state index is 13.1. The normalized spacial score (nSPS) is 11.6. The van der Waals surface area contributed by atoms with Crippen LogP contribution in [0.1, 0.15) is 6.42 Å². The highest BCUT2D eigenvalue weighted by atomic mass is 127. The number of ether oxygens (including phenoxy) is 1. The number of halogens is 5. The van der Waals surface area contributed by atoms with Gasteiger partial charge in [-0.1, -0.05) is 0 Å². The van der Waals surface area contributed by atoms with Crippen molar-refractivity contribution in [3.63, 3.8) is 0 Å². The average Bonchev–Trinajstić information content (AvgIpc) is 2.11. The number of nitrogen functional groups attached to an aromatic ring is 1. The molecular formula is C9H8F4INO. The van der Waals surface area contributed by atoms with Crippen LogP contribution in [0.2, 0.25) is 0 Å². The lowest BCUT2D eigenvalue weighted by Crippen LogP contribution is -2.13. The van der Waals surface area contributed by atoms with E-state index in [9.17, 15) is 17.6 Å². The first kappa shape index (κ1) is 13.3. The maximum atomic E-state index is 13.1. The van der Waals surface area contributed by atoms with Crippen molar-refractivity contribution < 1.29 is 22.3 Å². The SMILES string of the molecule is Nc1cc(I)c(F)cc1OCCC(F)(F)F. The second-order valence-electron chi connectivity index (χ2n) is 3.02. The predicted octanol–water partition coefficient (Wildman–Crippen LogP) is 3.34. The van der Waals surface area contributed by atoms with Crippen LogP contribution in [0.25, 0.3) is 0 Å². The molecular weight excluding hydrogens is 341 g/mol. The molecule has 0 saturated heterocycles. The van der Waals surface area contributed by atoms with Crippen LogP contribution in [-0.2, 0) is 0 Å². The number of anilines is 1. The van der Waals surface area contributed by atoms with Gasteiger partial charge in [-0.25, -0.2) is 4.39 Å². The van der Waals surface area contributed by atoms with Gasteiger partial charge in [-0.15, -0.1) is 0 Å². The van der Waals surface area contributed by atoms with E-state index in [1.54, 1.807) is 22.6 Å². The molecule has 0 heterocycles. The largest absolute Gasteiger partial charge is 0.491 e. The zero-order valence-electron chi connectivity index (χ0n) is 7.94. The zero-order chi connectivity index (χ0) is 12.3. The van der Waals surface area contributed by atoms with Gasteiger partial charge in [0, 0.05) is 6.07 Å². The molecule has 0 saturated carbocycles. The summed E-state index contributed by atoms with van der Waals surface area (Å²) in [6.07, 6.45) is -5.39. The van der Waals surface area contributed by atoms with E-state index in [1.165, 1.54) is 6.07 Å². The lowest BCUT2D eigenvalue weighted by Gasteiger charge is -2.11. The van der Waals surface area contributed by atoms with E-state index in [0.29, 0.717) is 3.57 Å². The summed E-state index contributed by atoms with van der Waals surface area (Å²) in [5.41, 5.74) is 5.58. The molecule has 0 spiro atoms. The van der Waals surface area contributed by atoms with Gasteiger partial charge in [0.1, 0.15) is 11.6 Å². The summed E-state index contributed by atoms with van der Waals surface area (Å²) >= 11 is 1.73. The fraction of sp³-hybridized carbons (Fsp3) is 0.333. The molecule has 0 aliphatic rings. The van der Waals surface area contributed by atoms with Crippen molar-refractivity contribution in [2.45, 2.75) is 12.6 Å². The first-order valence-electron chi connectivity index (χ1n) is 4.23. The van der Waals surface area contributed by atoms with Gasteiger partial charge in [-0.2, -0.15) is 13.2 Å². The molecule has 0 radical (unpaired) electrons. The van der Waals surface area contributed by atoms with Crippen LogP contribution >= 0.6 is 22.6 Å². The summed E-state index contributed by atoms with van der Waals surface area (Å²) in [7, 11) is 0. The molecule has 0 aliphatic carbocycles. The van der Waals surface area contributed by atoms with E-state index < -0.39 is 25.0 Å². The molecule has 0 amide bonds. The van der Waals surface area contributed by atoms with Gasteiger partial charge in [0.05, 0.1) is 22.3 Å². The molecule has 1 aromatic rings. The number of rotatable bonds is 3. The van der Waals surface area contributed by atoms with Crippen LogP contribution in [0.3, 0.4) is 0 Å². The molecule has 0 unspecified atom stereocenters. The van der Waals surface area contributed by atoms with Gasteiger partial charge >= 0.3 is 6.18 Å². The quantitative estimate of drug-likeness (QED) is 0.516. The van der Waals surface area contributed by atoms with E-state index in [2.05, 4.69) is 0 Å². The first-order valence-corrected chi connectivity index (χ1v) is 5.31. The summed E-state index contributed by atoms with van der Waals surface area (Å²) in [6, 6.07) is 2.28. The minimum absolute atomic E-state index is 0.0674. The monoisotopic (exact) mass is 349 g/mol. The molecule has 0 fully saturated rings. The highest BCUT2D eigenvalue weighted by Gasteiger charge is 2.27. The molecule has 90 valence electrons. The van der Waals surface area contributed by atoms with Crippen molar-refractivity contribution in [3.05, 3.63) is 21.5 Å². The van der Waals surface area contributed by atoms with Crippen molar-refractivity contribution >= 4 is 28.3 Å². The minimum Gasteiger partial charge on any atom is -0.491 e. The molecule has 7 heteroatoms. The Morgan fingerprint density at radius 3 is 2.50 bits per heavy atom. The molecule has 0 atom stereocenters. The third kappa shape index (κ3) is 4.03. The summed E-state index contributed by atoms with van der Waals surface area (Å²) in [4.78, 5) is 0. The Morgan fingerprint density at radius 2 is 1.94 bits per heavy atom. The van der Waals surface area contributed by atoms with Gasteiger partial charge in [0.2, 0.25) is 0 Å². The smallest absolute Gasteiger partial charge is 0.392 e. The van der Waals surface area contributed by atoms with E-state index >= 15 is 0 Å².